The molecule has 0 saturated carbocycles. The SMILES string of the molecule is COc1ccc(-c2cc(=O)n3cc(N4C[C@H]5CCCN[C@H]5C4)ccc3n2)cc1F.COc1ccc(-c2ccc3nc(N4CCC(N(C)C)CC4)cc(=O)n3c2)cc1F.Cc1cn2cc(-c3cc(=O)n4cc(N5CCC(N(C)C)CC5)ccc4n3)cc(F)c2n1.Cc1nc2c(F)cc(-c3cc(=O)n4cc(C5=CCN(C)CC5)ccc4n3)cc2o1.Cc1nc2c(F)cc(-c3cc(=O)n4cc(C5=CCNCC5)ccc4n3)cc2o1. The third-order valence-electron chi connectivity index (χ3n) is 28.1. The number of oxazole rings is 2. The minimum Gasteiger partial charge on any atom is -0.494 e. The lowest BCUT2D eigenvalue weighted by Gasteiger charge is -2.36. The largest absolute Gasteiger partial charge is 0.494 e. The Morgan fingerprint density at radius 1 is 0.397 bits per heavy atom. The summed E-state index contributed by atoms with van der Waals surface area (Å²) in [5.74, 6) is 0.156. The first-order valence-electron chi connectivity index (χ1n) is 48.8. The number of benzene rings is 4. The van der Waals surface area contributed by atoms with E-state index in [4.69, 9.17) is 23.3 Å². The molecule has 146 heavy (non-hydrogen) atoms. The molecule has 0 unspecified atom stereocenters. The molecule has 14 aromatic heterocycles. The lowest BCUT2D eigenvalue weighted by Crippen LogP contribution is -2.42. The van der Waals surface area contributed by atoms with Crippen molar-refractivity contribution in [2.75, 3.05) is 136 Å². The maximum Gasteiger partial charge on any atom is 0.259 e. The Morgan fingerprint density at radius 2 is 0.849 bits per heavy atom. The Kier molecular flexibility index (Phi) is 27.8. The second-order valence-electron chi connectivity index (χ2n) is 38.2. The normalized spacial score (nSPS) is 16.4. The number of piperidine rings is 3. The molecule has 20 heterocycles. The van der Waals surface area contributed by atoms with Crippen LogP contribution in [0.4, 0.5) is 39.1 Å². The van der Waals surface area contributed by atoms with Gasteiger partial charge in [0, 0.05) is 187 Å². The summed E-state index contributed by atoms with van der Waals surface area (Å²) in [6.07, 6.45) is 25.5. The quantitative estimate of drug-likeness (QED) is 0.0956. The van der Waals surface area contributed by atoms with E-state index in [2.05, 4.69) is 122 Å². The van der Waals surface area contributed by atoms with E-state index in [1.54, 1.807) is 88.1 Å². The fraction of sp³-hybridized carbons (Fsp3) is 0.300. The summed E-state index contributed by atoms with van der Waals surface area (Å²) in [4.78, 5) is 113. The van der Waals surface area contributed by atoms with Crippen LogP contribution in [0.15, 0.2) is 246 Å². The molecule has 4 fully saturated rings. The van der Waals surface area contributed by atoms with Gasteiger partial charge in [-0.25, -0.2) is 61.8 Å². The first-order chi connectivity index (χ1) is 70.5. The van der Waals surface area contributed by atoms with E-state index in [1.165, 1.54) is 112 Å². The highest BCUT2D eigenvalue weighted by Gasteiger charge is 2.35. The standard InChI is InChI=1S/C23H25FN6O.C22H19FN4O2.C22H23FN4O2.C22H25FN4O2.C21H17FN4O2/c1-15-12-29-13-16(10-19(24)23(29)25-15)20-11-22(31)30-14-18(4-5-21(30)26-20)28-8-6-17(7-9-28)27(2)3;1-13-24-22-17(23)9-16(10-19(22)29-13)18-11-21(28)27-12-15(3-4-20(27)25-18)14-5-7-26(2)8-6-14;1-29-20-6-4-14(9-17(20)23)18-10-22(28)27-12-16(5-7-21(27)25-18)26-11-15-3-2-8-24-19(15)13-26;1-25(2)17-8-10-26(11-9-17)21-13-22(28)27-14-16(5-7-20(27)24-21)15-4-6-19(29-3)18(23)12-15;1-12-24-21-16(22)8-15(9-18(21)28-12)17-10-20(27)26-11-14(2-3-19(26)25-17)13-4-6-23-7-5-13/h4-5,10-14,17H,6-9H2,1-3H3;3-5,9-12H,6-8H2,1-2H3;4-7,9-10,12,15,19,24H,2-3,8,11,13H2,1H3;4-7,12-14,17H,8-11H2,1-3H3;2-4,8-11,23H,5-7H2,1H3/t;;15-,19+;;/m..1../s1. The zero-order valence-corrected chi connectivity index (χ0v) is 82.5. The number of aryl methyl sites for hydroxylation is 3. The third kappa shape index (κ3) is 20.8. The molecule has 4 aromatic carbocycles. The lowest BCUT2D eigenvalue weighted by molar-refractivity contribution is 0.249. The molecule has 18 aromatic rings. The number of fused-ring (bicyclic) bond motifs is 9. The van der Waals surface area contributed by atoms with Crippen LogP contribution in [-0.4, -0.2) is 221 Å². The zero-order chi connectivity index (χ0) is 102. The van der Waals surface area contributed by atoms with Gasteiger partial charge in [-0.3, -0.25) is 46.0 Å². The van der Waals surface area contributed by atoms with Gasteiger partial charge in [0.1, 0.15) is 45.1 Å². The highest BCUT2D eigenvalue weighted by atomic mass is 19.1. The monoisotopic (exact) mass is 1980 g/mol. The number of nitrogens with zero attached hydrogens (tertiary/aromatic N) is 20. The van der Waals surface area contributed by atoms with Crippen molar-refractivity contribution in [1.82, 2.24) is 91.6 Å². The predicted molar refractivity (Wildman–Crippen MR) is 556 cm³/mol. The van der Waals surface area contributed by atoms with E-state index in [0.717, 1.165) is 150 Å². The van der Waals surface area contributed by atoms with Gasteiger partial charge in [-0.05, 0) is 267 Å². The number of aromatic nitrogens is 14. The molecule has 6 aliphatic heterocycles. The summed E-state index contributed by atoms with van der Waals surface area (Å²) in [5, 5.41) is 6.88. The van der Waals surface area contributed by atoms with E-state index in [0.29, 0.717) is 126 Å². The van der Waals surface area contributed by atoms with Gasteiger partial charge in [-0.2, -0.15) is 0 Å². The Hall–Kier alpha value is -15.8. The number of hydrogen-bond acceptors (Lipinski definition) is 25. The number of hydrogen-bond donors (Lipinski definition) is 2. The molecular formula is C110H109F5N22O9. The molecule has 24 rings (SSSR count). The maximum absolute atomic E-state index is 14.5. The number of halogens is 5. The fourth-order valence-corrected chi connectivity index (χ4v) is 20.1. The predicted octanol–water partition coefficient (Wildman–Crippen LogP) is 15.7. The van der Waals surface area contributed by atoms with Crippen molar-refractivity contribution in [2.45, 2.75) is 90.3 Å². The molecule has 4 saturated heterocycles. The number of methoxy groups -OCH3 is 2. The molecule has 0 amide bonds. The van der Waals surface area contributed by atoms with Gasteiger partial charge in [0.15, 0.2) is 69.2 Å². The van der Waals surface area contributed by atoms with Crippen molar-refractivity contribution in [1.29, 1.82) is 0 Å². The topological polar surface area (TPSA) is 303 Å². The third-order valence-corrected chi connectivity index (χ3v) is 28.1. The number of imidazole rings is 1. The number of pyridine rings is 6. The van der Waals surface area contributed by atoms with Crippen LogP contribution in [0.2, 0.25) is 0 Å². The number of ether oxygens (including phenoxy) is 2. The number of likely N-dealkylation sites (N-methyl/N-ethyl adjacent to an activating group) is 1. The molecule has 0 aliphatic carbocycles. The van der Waals surface area contributed by atoms with Crippen LogP contribution < -0.4 is 62.6 Å². The molecular weight excluding hydrogens is 1870 g/mol. The smallest absolute Gasteiger partial charge is 0.259 e. The Morgan fingerprint density at radius 3 is 1.36 bits per heavy atom. The van der Waals surface area contributed by atoms with Crippen molar-refractivity contribution in [3.8, 4) is 67.7 Å². The van der Waals surface area contributed by atoms with Crippen LogP contribution in [-0.2, 0) is 0 Å². The zero-order valence-electron chi connectivity index (χ0n) is 82.5. The number of rotatable bonds is 14. The molecule has 2 atom stereocenters. The molecule has 0 bridgehead atoms. The van der Waals surface area contributed by atoms with Crippen molar-refractivity contribution in [2.24, 2.45) is 5.92 Å². The highest BCUT2D eigenvalue weighted by Crippen LogP contribution is 2.36. The van der Waals surface area contributed by atoms with Crippen LogP contribution in [0.25, 0.3) is 123 Å². The average molecular weight is 1980 g/mol. The fourth-order valence-electron chi connectivity index (χ4n) is 20.1. The van der Waals surface area contributed by atoms with Gasteiger partial charge < -0.3 is 62.7 Å². The van der Waals surface area contributed by atoms with Crippen molar-refractivity contribution >= 4 is 84.4 Å². The summed E-state index contributed by atoms with van der Waals surface area (Å²) in [6, 6.07) is 44.7. The van der Waals surface area contributed by atoms with Crippen molar-refractivity contribution in [3.05, 3.63) is 323 Å². The van der Waals surface area contributed by atoms with Gasteiger partial charge in [0.05, 0.1) is 54.1 Å². The first kappa shape index (κ1) is 97.7. The summed E-state index contributed by atoms with van der Waals surface area (Å²) in [7, 11) is 13.4. The molecule has 748 valence electrons. The Labute approximate surface area is 834 Å². The van der Waals surface area contributed by atoms with Gasteiger partial charge in [-0.1, -0.05) is 18.2 Å². The molecule has 31 nitrogen and oxygen atoms in total. The Balaban J connectivity index is 0.000000111. The Bertz CT molecular complexity index is 8470. The summed E-state index contributed by atoms with van der Waals surface area (Å²) in [6.45, 7) is 15.5. The minimum absolute atomic E-state index is 0.143. The molecule has 0 radical (unpaired) electrons. The van der Waals surface area contributed by atoms with Crippen LogP contribution in [0.3, 0.4) is 0 Å². The summed E-state index contributed by atoms with van der Waals surface area (Å²) >= 11 is 0. The number of nitrogens with one attached hydrogen (secondary N) is 2. The first-order valence-corrected chi connectivity index (χ1v) is 48.8. The van der Waals surface area contributed by atoms with Gasteiger partial charge in [0.25, 0.3) is 27.8 Å². The minimum atomic E-state index is -0.500. The lowest BCUT2D eigenvalue weighted by atomic mass is 9.94. The molecule has 6 aliphatic rings. The van der Waals surface area contributed by atoms with E-state index in [9.17, 15) is 45.9 Å². The summed E-state index contributed by atoms with van der Waals surface area (Å²) < 4.78 is 102. The van der Waals surface area contributed by atoms with Gasteiger partial charge in [-0.15, -0.1) is 0 Å². The molecule has 0 spiro atoms. The average Bonchev–Trinajstić information content (AvgIpc) is 1.73. The molecule has 36 heteroatoms. The van der Waals surface area contributed by atoms with E-state index < -0.39 is 29.1 Å². The van der Waals surface area contributed by atoms with Crippen molar-refractivity contribution in [3.63, 3.8) is 0 Å². The van der Waals surface area contributed by atoms with Crippen LogP contribution in [0, 0.1) is 55.8 Å². The van der Waals surface area contributed by atoms with Gasteiger partial charge in [0.2, 0.25) is 0 Å². The second-order valence-corrected chi connectivity index (χ2v) is 38.2. The van der Waals surface area contributed by atoms with Crippen LogP contribution in [0.1, 0.15) is 80.0 Å². The summed E-state index contributed by atoms with van der Waals surface area (Å²) in [5.41, 5.74) is 15.4. The van der Waals surface area contributed by atoms with Crippen LogP contribution >= 0.6 is 0 Å². The number of anilines is 3. The highest BCUT2D eigenvalue weighted by molar-refractivity contribution is 5.83. The van der Waals surface area contributed by atoms with E-state index in [1.807, 2.05) is 86.3 Å². The second kappa shape index (κ2) is 41.5. The van der Waals surface area contributed by atoms with Gasteiger partial charge >= 0.3 is 0 Å². The van der Waals surface area contributed by atoms with Crippen LogP contribution in [0.5, 0.6) is 11.5 Å². The maximum atomic E-state index is 14.5. The van der Waals surface area contributed by atoms with E-state index >= 15 is 0 Å². The van der Waals surface area contributed by atoms with E-state index in [-0.39, 0.29) is 56.0 Å². The molecule has 2 N–H and O–H groups in total. The van der Waals surface area contributed by atoms with Crippen molar-refractivity contribution < 1.29 is 40.3 Å².